The van der Waals surface area contributed by atoms with E-state index >= 15 is 0 Å². The van der Waals surface area contributed by atoms with Crippen molar-refractivity contribution in [3.05, 3.63) is 28.7 Å². The van der Waals surface area contributed by atoms with Gasteiger partial charge in [-0.3, -0.25) is 4.79 Å². The topological polar surface area (TPSA) is 73.1 Å². The molecule has 1 amide bonds. The number of amidine groups is 1. The molecule has 2 aliphatic heterocycles. The number of nitrogens with zero attached hydrogens (tertiary/aromatic N) is 2. The van der Waals surface area contributed by atoms with Crippen molar-refractivity contribution in [1.29, 1.82) is 0 Å². The van der Waals surface area contributed by atoms with Crippen molar-refractivity contribution in [2.75, 3.05) is 13.1 Å². The van der Waals surface area contributed by atoms with Crippen molar-refractivity contribution >= 4 is 28.9 Å². The first kappa shape index (κ1) is 13.1. The number of likely N-dealkylation sites (tertiary alicyclic amines) is 1. The fourth-order valence-electron chi connectivity index (χ4n) is 2.24. The van der Waals surface area contributed by atoms with Crippen molar-refractivity contribution in [1.82, 2.24) is 4.90 Å². The minimum absolute atomic E-state index is 0.0101. The average molecular weight is 290 g/mol. The third-order valence-corrected chi connectivity index (χ3v) is 4.33. The lowest BCUT2D eigenvalue weighted by molar-refractivity contribution is -0.113. The molecule has 1 aromatic rings. The van der Waals surface area contributed by atoms with Gasteiger partial charge in [-0.1, -0.05) is 0 Å². The molecule has 3 rings (SSSR count). The fraction of sp³-hybridized carbons (Fsp3) is 0.286. The SMILES string of the molecule is O=C1N=C(N2CCCC2)S/C1=C\c1ccc(O)cc1O. The summed E-state index contributed by atoms with van der Waals surface area (Å²) < 4.78 is 0. The largest absolute Gasteiger partial charge is 0.508 e. The maximum absolute atomic E-state index is 11.9. The second-order valence-corrected chi connectivity index (χ2v) is 5.76. The van der Waals surface area contributed by atoms with Crippen LogP contribution in [0.3, 0.4) is 0 Å². The number of carbonyl (C=O) groups is 1. The van der Waals surface area contributed by atoms with Crippen molar-refractivity contribution in [3.8, 4) is 11.5 Å². The van der Waals surface area contributed by atoms with E-state index in [9.17, 15) is 15.0 Å². The van der Waals surface area contributed by atoms with Crippen LogP contribution in [-0.4, -0.2) is 39.3 Å². The Bertz CT molecular complexity index is 619. The number of rotatable bonds is 1. The summed E-state index contributed by atoms with van der Waals surface area (Å²) in [6.07, 6.45) is 3.87. The zero-order valence-corrected chi connectivity index (χ0v) is 11.6. The van der Waals surface area contributed by atoms with Crippen LogP contribution in [0.5, 0.6) is 11.5 Å². The number of phenolic OH excluding ortho intramolecular Hbond substituents is 2. The standard InChI is InChI=1S/C14H14N2O3S/c17-10-4-3-9(11(18)8-10)7-12-13(19)15-14(20-12)16-5-1-2-6-16/h3-4,7-8,17-18H,1-2,5-6H2/b12-7-. The number of aromatic hydroxyl groups is 2. The number of carbonyl (C=O) groups excluding carboxylic acids is 1. The number of phenols is 2. The molecule has 1 aromatic carbocycles. The molecule has 5 nitrogen and oxygen atoms in total. The first-order valence-corrected chi connectivity index (χ1v) is 7.24. The van der Waals surface area contributed by atoms with Gasteiger partial charge in [0.05, 0.1) is 4.91 Å². The van der Waals surface area contributed by atoms with Crippen LogP contribution in [0.15, 0.2) is 28.1 Å². The minimum Gasteiger partial charge on any atom is -0.508 e. The monoisotopic (exact) mass is 290 g/mol. The van der Waals surface area contributed by atoms with Crippen molar-refractivity contribution in [2.24, 2.45) is 4.99 Å². The molecule has 2 aliphatic rings. The van der Waals surface area contributed by atoms with Gasteiger partial charge in [0.1, 0.15) is 11.5 Å². The number of hydrogen-bond donors (Lipinski definition) is 2. The van der Waals surface area contributed by atoms with Gasteiger partial charge in [0, 0.05) is 24.7 Å². The lowest BCUT2D eigenvalue weighted by atomic mass is 10.2. The Labute approximate surface area is 120 Å². The number of aliphatic imine (C=N–C) groups is 1. The minimum atomic E-state index is -0.274. The second kappa shape index (κ2) is 5.20. The Balaban J connectivity index is 1.82. The Morgan fingerprint density at radius 1 is 1.25 bits per heavy atom. The molecular formula is C14H14N2O3S. The van der Waals surface area contributed by atoms with E-state index < -0.39 is 0 Å². The van der Waals surface area contributed by atoms with Gasteiger partial charge in [0.15, 0.2) is 5.17 Å². The summed E-state index contributed by atoms with van der Waals surface area (Å²) in [6.45, 7) is 1.88. The van der Waals surface area contributed by atoms with Gasteiger partial charge in [-0.05, 0) is 42.8 Å². The second-order valence-electron chi connectivity index (χ2n) is 4.75. The first-order chi connectivity index (χ1) is 9.63. The molecule has 104 valence electrons. The van der Waals surface area contributed by atoms with Crippen LogP contribution in [0.2, 0.25) is 0 Å². The van der Waals surface area contributed by atoms with E-state index in [1.54, 1.807) is 12.1 Å². The molecule has 0 bridgehead atoms. The van der Waals surface area contributed by atoms with Gasteiger partial charge >= 0.3 is 0 Å². The Kier molecular flexibility index (Phi) is 3.40. The summed E-state index contributed by atoms with van der Waals surface area (Å²) in [5, 5.41) is 19.7. The van der Waals surface area contributed by atoms with E-state index in [0.29, 0.717) is 10.5 Å². The summed E-state index contributed by atoms with van der Waals surface area (Å²) in [4.78, 5) is 18.6. The third kappa shape index (κ3) is 2.51. The average Bonchev–Trinajstić information content (AvgIpc) is 3.03. The van der Waals surface area contributed by atoms with Crippen LogP contribution in [0.4, 0.5) is 0 Å². The van der Waals surface area contributed by atoms with E-state index in [2.05, 4.69) is 9.89 Å². The zero-order chi connectivity index (χ0) is 14.1. The molecule has 0 aliphatic carbocycles. The summed E-state index contributed by atoms with van der Waals surface area (Å²) >= 11 is 1.34. The molecule has 1 fully saturated rings. The highest BCUT2D eigenvalue weighted by atomic mass is 32.2. The summed E-state index contributed by atoms with van der Waals surface area (Å²) in [5.74, 6) is -0.339. The predicted octanol–water partition coefficient (Wildman–Crippen LogP) is 2.16. The van der Waals surface area contributed by atoms with Gasteiger partial charge in [-0.25, -0.2) is 0 Å². The first-order valence-electron chi connectivity index (χ1n) is 6.43. The Hall–Kier alpha value is -1.95. The van der Waals surface area contributed by atoms with E-state index in [4.69, 9.17) is 0 Å². The highest BCUT2D eigenvalue weighted by molar-refractivity contribution is 8.18. The summed E-state index contributed by atoms with van der Waals surface area (Å²) in [6, 6.07) is 4.29. The van der Waals surface area contributed by atoms with Gasteiger partial charge in [-0.2, -0.15) is 4.99 Å². The maximum atomic E-state index is 11.9. The van der Waals surface area contributed by atoms with Crippen LogP contribution in [-0.2, 0) is 4.79 Å². The predicted molar refractivity (Wildman–Crippen MR) is 78.6 cm³/mol. The van der Waals surface area contributed by atoms with Crippen LogP contribution in [0, 0.1) is 0 Å². The summed E-state index contributed by atoms with van der Waals surface area (Å²) in [7, 11) is 0. The molecule has 0 atom stereocenters. The fourth-order valence-corrected chi connectivity index (χ4v) is 3.19. The Morgan fingerprint density at radius 2 is 2.00 bits per heavy atom. The van der Waals surface area contributed by atoms with Crippen molar-refractivity contribution in [2.45, 2.75) is 12.8 Å². The quantitative estimate of drug-likeness (QED) is 0.775. The van der Waals surface area contributed by atoms with Gasteiger partial charge in [-0.15, -0.1) is 0 Å². The lowest BCUT2D eigenvalue weighted by Gasteiger charge is -2.14. The summed E-state index contributed by atoms with van der Waals surface area (Å²) in [5.41, 5.74) is 0.497. The highest BCUT2D eigenvalue weighted by Gasteiger charge is 2.27. The molecular weight excluding hydrogens is 276 g/mol. The van der Waals surface area contributed by atoms with Crippen LogP contribution in [0.1, 0.15) is 18.4 Å². The van der Waals surface area contributed by atoms with Gasteiger partial charge < -0.3 is 15.1 Å². The molecule has 0 unspecified atom stereocenters. The molecule has 0 radical (unpaired) electrons. The lowest BCUT2D eigenvalue weighted by Crippen LogP contribution is -2.23. The molecule has 1 saturated heterocycles. The molecule has 2 N–H and O–H groups in total. The number of hydrogen-bond acceptors (Lipinski definition) is 5. The third-order valence-electron chi connectivity index (χ3n) is 3.29. The van der Waals surface area contributed by atoms with Crippen LogP contribution < -0.4 is 0 Å². The van der Waals surface area contributed by atoms with Gasteiger partial charge in [0.2, 0.25) is 0 Å². The molecule has 0 saturated carbocycles. The molecule has 20 heavy (non-hydrogen) atoms. The zero-order valence-electron chi connectivity index (χ0n) is 10.7. The van der Waals surface area contributed by atoms with E-state index in [-0.39, 0.29) is 17.4 Å². The van der Waals surface area contributed by atoms with Crippen LogP contribution in [0.25, 0.3) is 6.08 Å². The van der Waals surface area contributed by atoms with Crippen LogP contribution >= 0.6 is 11.8 Å². The van der Waals surface area contributed by atoms with E-state index in [0.717, 1.165) is 31.1 Å². The molecule has 0 spiro atoms. The van der Waals surface area contributed by atoms with Crippen molar-refractivity contribution in [3.63, 3.8) is 0 Å². The number of thioether (sulfide) groups is 1. The molecule has 0 aromatic heterocycles. The van der Waals surface area contributed by atoms with Gasteiger partial charge in [0.25, 0.3) is 5.91 Å². The van der Waals surface area contributed by atoms with E-state index in [1.807, 2.05) is 0 Å². The maximum Gasteiger partial charge on any atom is 0.286 e. The van der Waals surface area contributed by atoms with E-state index in [1.165, 1.54) is 23.9 Å². The Morgan fingerprint density at radius 3 is 2.70 bits per heavy atom. The number of benzene rings is 1. The molecule has 2 heterocycles. The van der Waals surface area contributed by atoms with Crippen molar-refractivity contribution < 1.29 is 15.0 Å². The molecule has 6 heteroatoms. The smallest absolute Gasteiger partial charge is 0.286 e. The normalized spacial score (nSPS) is 20.8. The number of amides is 1. The highest BCUT2D eigenvalue weighted by Crippen LogP contribution is 2.33.